The van der Waals surface area contributed by atoms with Gasteiger partial charge in [0.15, 0.2) is 5.69 Å². The highest BCUT2D eigenvalue weighted by Gasteiger charge is 2.17. The number of hydrogen-bond donors (Lipinski definition) is 1. The third-order valence-electron chi connectivity index (χ3n) is 2.90. The monoisotopic (exact) mass is 230 g/mol. The first-order valence-corrected chi connectivity index (χ1v) is 5.37. The van der Waals surface area contributed by atoms with Gasteiger partial charge in [-0.3, -0.25) is 0 Å². The van der Waals surface area contributed by atoms with Crippen molar-refractivity contribution in [3.8, 4) is 5.69 Å². The largest absolute Gasteiger partial charge is 0.476 e. The fourth-order valence-electron chi connectivity index (χ4n) is 1.72. The van der Waals surface area contributed by atoms with E-state index >= 15 is 0 Å². The van der Waals surface area contributed by atoms with Crippen LogP contribution in [0.15, 0.2) is 24.3 Å². The van der Waals surface area contributed by atoms with Crippen molar-refractivity contribution in [3.63, 3.8) is 0 Å². The van der Waals surface area contributed by atoms with E-state index in [0.717, 1.165) is 16.9 Å². The number of hydrogen-bond acceptors (Lipinski definition) is 2. The molecule has 0 radical (unpaired) electrons. The summed E-state index contributed by atoms with van der Waals surface area (Å²) in [6, 6.07) is 7.82. The zero-order valence-corrected chi connectivity index (χ0v) is 10.1. The first kappa shape index (κ1) is 11.4. The zero-order valence-electron chi connectivity index (χ0n) is 10.1. The summed E-state index contributed by atoms with van der Waals surface area (Å²) >= 11 is 0. The van der Waals surface area contributed by atoms with Crippen molar-refractivity contribution in [1.82, 2.24) is 9.78 Å². The summed E-state index contributed by atoms with van der Waals surface area (Å²) < 4.78 is 1.66. The van der Waals surface area contributed by atoms with Gasteiger partial charge in [0.05, 0.1) is 5.69 Å². The van der Waals surface area contributed by atoms with E-state index in [-0.39, 0.29) is 5.69 Å². The van der Waals surface area contributed by atoms with Crippen molar-refractivity contribution in [2.75, 3.05) is 0 Å². The second-order valence-corrected chi connectivity index (χ2v) is 4.11. The number of benzene rings is 1. The molecule has 0 aliphatic rings. The molecule has 4 nitrogen and oxygen atoms in total. The molecule has 0 spiro atoms. The summed E-state index contributed by atoms with van der Waals surface area (Å²) in [5, 5.41) is 13.1. The Balaban J connectivity index is 2.56. The number of carbonyl (C=O) groups is 1. The number of nitrogens with zero attached hydrogens (tertiary/aromatic N) is 2. The molecule has 1 aromatic carbocycles. The summed E-state index contributed by atoms with van der Waals surface area (Å²) in [6.45, 7) is 5.65. The molecule has 88 valence electrons. The Bertz CT molecular complexity index is 568. The standard InChI is InChI=1S/C13H14N2O2/c1-8-4-6-11(7-5-8)15-10(3)9(2)12(14-15)13(16)17/h4-7H,1-3H3,(H,16,17). The Morgan fingerprint density at radius 1 is 1.18 bits per heavy atom. The Labute approximate surface area is 99.5 Å². The summed E-state index contributed by atoms with van der Waals surface area (Å²) in [5.74, 6) is -0.989. The molecule has 17 heavy (non-hydrogen) atoms. The van der Waals surface area contributed by atoms with Crippen LogP contribution in [0.25, 0.3) is 5.69 Å². The van der Waals surface area contributed by atoms with E-state index in [1.54, 1.807) is 11.6 Å². The average molecular weight is 230 g/mol. The Morgan fingerprint density at radius 2 is 1.76 bits per heavy atom. The third kappa shape index (κ3) is 1.93. The van der Waals surface area contributed by atoms with Gasteiger partial charge in [0, 0.05) is 11.3 Å². The van der Waals surface area contributed by atoms with Crippen LogP contribution in [-0.4, -0.2) is 20.9 Å². The molecular weight excluding hydrogens is 216 g/mol. The fraction of sp³-hybridized carbons (Fsp3) is 0.231. The molecule has 1 N–H and O–H groups in total. The van der Waals surface area contributed by atoms with Crippen LogP contribution < -0.4 is 0 Å². The molecule has 2 rings (SSSR count). The first-order valence-electron chi connectivity index (χ1n) is 5.37. The topological polar surface area (TPSA) is 55.1 Å². The van der Waals surface area contributed by atoms with Crippen molar-refractivity contribution < 1.29 is 9.90 Å². The summed E-state index contributed by atoms with van der Waals surface area (Å²) in [5.41, 5.74) is 3.71. The summed E-state index contributed by atoms with van der Waals surface area (Å²) in [7, 11) is 0. The van der Waals surface area contributed by atoms with Crippen molar-refractivity contribution >= 4 is 5.97 Å². The minimum absolute atomic E-state index is 0.114. The molecule has 0 saturated heterocycles. The highest BCUT2D eigenvalue weighted by Crippen LogP contribution is 2.17. The quantitative estimate of drug-likeness (QED) is 0.862. The molecule has 0 atom stereocenters. The van der Waals surface area contributed by atoms with Crippen LogP contribution in [0.2, 0.25) is 0 Å². The number of aromatic nitrogens is 2. The number of rotatable bonds is 2. The molecule has 0 amide bonds. The third-order valence-corrected chi connectivity index (χ3v) is 2.90. The highest BCUT2D eigenvalue weighted by atomic mass is 16.4. The number of aromatic carboxylic acids is 1. The Hall–Kier alpha value is -2.10. The number of carboxylic acid groups (broad SMARTS) is 1. The average Bonchev–Trinajstić information content (AvgIpc) is 2.58. The van der Waals surface area contributed by atoms with Crippen molar-refractivity contribution in [2.45, 2.75) is 20.8 Å². The molecule has 2 aromatic rings. The molecule has 4 heteroatoms. The van der Waals surface area contributed by atoms with Gasteiger partial charge < -0.3 is 5.11 Å². The maximum atomic E-state index is 11.0. The van der Waals surface area contributed by atoms with E-state index in [1.807, 2.05) is 38.1 Å². The minimum Gasteiger partial charge on any atom is -0.476 e. The molecule has 0 fully saturated rings. The maximum Gasteiger partial charge on any atom is 0.356 e. The van der Waals surface area contributed by atoms with E-state index in [1.165, 1.54) is 0 Å². The van der Waals surface area contributed by atoms with Gasteiger partial charge in [-0.15, -0.1) is 0 Å². The number of aryl methyl sites for hydroxylation is 1. The minimum atomic E-state index is -0.989. The van der Waals surface area contributed by atoms with E-state index in [2.05, 4.69) is 5.10 Å². The lowest BCUT2D eigenvalue weighted by Crippen LogP contribution is -2.02. The lowest BCUT2D eigenvalue weighted by Gasteiger charge is -2.04. The van der Waals surface area contributed by atoms with Crippen LogP contribution in [0.4, 0.5) is 0 Å². The van der Waals surface area contributed by atoms with Crippen LogP contribution in [-0.2, 0) is 0 Å². The SMILES string of the molecule is Cc1ccc(-n2nc(C(=O)O)c(C)c2C)cc1. The van der Waals surface area contributed by atoms with Gasteiger partial charge in [-0.25, -0.2) is 9.48 Å². The molecule has 0 bridgehead atoms. The van der Waals surface area contributed by atoms with Gasteiger partial charge >= 0.3 is 5.97 Å². The van der Waals surface area contributed by atoms with Crippen LogP contribution in [0, 0.1) is 20.8 Å². The van der Waals surface area contributed by atoms with Crippen molar-refractivity contribution in [3.05, 3.63) is 46.8 Å². The van der Waals surface area contributed by atoms with E-state index < -0.39 is 5.97 Å². The maximum absolute atomic E-state index is 11.0. The predicted octanol–water partition coefficient (Wildman–Crippen LogP) is 2.50. The first-order chi connectivity index (χ1) is 8.00. The van der Waals surface area contributed by atoms with Crippen LogP contribution >= 0.6 is 0 Å². The van der Waals surface area contributed by atoms with Gasteiger partial charge in [-0.2, -0.15) is 5.10 Å². The molecule has 0 unspecified atom stereocenters. The van der Waals surface area contributed by atoms with Gasteiger partial charge in [-0.1, -0.05) is 17.7 Å². The van der Waals surface area contributed by atoms with E-state index in [9.17, 15) is 4.79 Å². The zero-order chi connectivity index (χ0) is 12.6. The molecule has 0 saturated carbocycles. The van der Waals surface area contributed by atoms with Gasteiger partial charge in [0.1, 0.15) is 0 Å². The lowest BCUT2D eigenvalue weighted by atomic mass is 10.2. The normalized spacial score (nSPS) is 10.5. The second kappa shape index (κ2) is 4.05. The summed E-state index contributed by atoms with van der Waals surface area (Å²) in [6.07, 6.45) is 0. The van der Waals surface area contributed by atoms with Crippen LogP contribution in [0.1, 0.15) is 27.3 Å². The van der Waals surface area contributed by atoms with E-state index in [0.29, 0.717) is 5.56 Å². The smallest absolute Gasteiger partial charge is 0.356 e. The number of carboxylic acids is 1. The molecule has 1 heterocycles. The van der Waals surface area contributed by atoms with Gasteiger partial charge in [0.25, 0.3) is 0 Å². The van der Waals surface area contributed by atoms with Crippen LogP contribution in [0.3, 0.4) is 0 Å². The molecule has 1 aromatic heterocycles. The van der Waals surface area contributed by atoms with E-state index in [4.69, 9.17) is 5.11 Å². The van der Waals surface area contributed by atoms with Gasteiger partial charge in [-0.05, 0) is 32.9 Å². The fourth-order valence-corrected chi connectivity index (χ4v) is 1.72. The summed E-state index contributed by atoms with van der Waals surface area (Å²) in [4.78, 5) is 11.0. The molecule has 0 aliphatic carbocycles. The van der Waals surface area contributed by atoms with Crippen molar-refractivity contribution in [2.24, 2.45) is 0 Å². The molecular formula is C13H14N2O2. The van der Waals surface area contributed by atoms with Crippen LogP contribution in [0.5, 0.6) is 0 Å². The Kier molecular flexibility index (Phi) is 2.71. The lowest BCUT2D eigenvalue weighted by molar-refractivity contribution is 0.0689. The van der Waals surface area contributed by atoms with Gasteiger partial charge in [0.2, 0.25) is 0 Å². The predicted molar refractivity (Wildman–Crippen MR) is 64.7 cm³/mol. The second-order valence-electron chi connectivity index (χ2n) is 4.11. The molecule has 0 aliphatic heterocycles. The Morgan fingerprint density at radius 3 is 2.24 bits per heavy atom. The van der Waals surface area contributed by atoms with Crippen molar-refractivity contribution in [1.29, 1.82) is 0 Å². The highest BCUT2D eigenvalue weighted by molar-refractivity contribution is 5.87.